The number of aliphatic imine (C=N–C) groups is 1. The summed E-state index contributed by atoms with van der Waals surface area (Å²) in [4.78, 5) is 20.1. The molecule has 6 nitrogen and oxygen atoms in total. The number of hydrogen-bond acceptors (Lipinski definition) is 6. The van der Waals surface area contributed by atoms with E-state index in [1.165, 1.54) is 11.8 Å². The molecular formula is C27H26N2O4S. The number of para-hydroxylation sites is 1. The number of methoxy groups -OCH3 is 2. The first-order valence-corrected chi connectivity index (χ1v) is 11.7. The molecule has 0 radical (unpaired) electrons. The lowest BCUT2D eigenvalue weighted by atomic mass is 10.1. The Hall–Kier alpha value is -3.55. The fourth-order valence-electron chi connectivity index (χ4n) is 3.37. The minimum Gasteiger partial charge on any atom is -0.493 e. The van der Waals surface area contributed by atoms with Gasteiger partial charge in [-0.15, -0.1) is 0 Å². The molecular weight excluding hydrogens is 448 g/mol. The topological polar surface area (TPSA) is 60.4 Å². The summed E-state index contributed by atoms with van der Waals surface area (Å²) in [7, 11) is 3.23. The zero-order chi connectivity index (χ0) is 23.8. The van der Waals surface area contributed by atoms with Crippen LogP contribution in [0.25, 0.3) is 6.08 Å². The van der Waals surface area contributed by atoms with Gasteiger partial charge in [-0.3, -0.25) is 9.69 Å². The fourth-order valence-corrected chi connectivity index (χ4v) is 4.39. The molecule has 0 aromatic heterocycles. The average Bonchev–Trinajstić information content (AvgIpc) is 3.16. The zero-order valence-electron chi connectivity index (χ0n) is 19.1. The molecule has 0 aliphatic carbocycles. The Labute approximate surface area is 203 Å². The lowest BCUT2D eigenvalue weighted by Gasteiger charge is -2.14. The van der Waals surface area contributed by atoms with Crippen molar-refractivity contribution in [1.29, 1.82) is 0 Å². The minimum absolute atomic E-state index is 0.0979. The quantitative estimate of drug-likeness (QED) is 0.382. The van der Waals surface area contributed by atoms with E-state index in [-0.39, 0.29) is 5.91 Å². The molecule has 174 valence electrons. The van der Waals surface area contributed by atoms with Gasteiger partial charge in [-0.25, -0.2) is 4.99 Å². The van der Waals surface area contributed by atoms with Crippen LogP contribution in [-0.2, 0) is 16.1 Å². The van der Waals surface area contributed by atoms with Crippen molar-refractivity contribution < 1.29 is 19.0 Å². The van der Waals surface area contributed by atoms with Gasteiger partial charge in [-0.1, -0.05) is 54.6 Å². The smallest absolute Gasteiger partial charge is 0.266 e. The molecule has 0 unspecified atom stereocenters. The van der Waals surface area contributed by atoms with Crippen LogP contribution in [-0.4, -0.2) is 43.3 Å². The van der Waals surface area contributed by atoms with Crippen molar-refractivity contribution >= 4 is 34.6 Å². The second kappa shape index (κ2) is 11.5. The highest BCUT2D eigenvalue weighted by Gasteiger charge is 2.33. The van der Waals surface area contributed by atoms with E-state index in [0.29, 0.717) is 41.3 Å². The van der Waals surface area contributed by atoms with Gasteiger partial charge in [0.2, 0.25) is 0 Å². The van der Waals surface area contributed by atoms with Crippen LogP contribution in [0, 0.1) is 0 Å². The molecule has 1 heterocycles. The summed E-state index contributed by atoms with van der Waals surface area (Å²) in [5, 5.41) is 0.633. The molecule has 0 N–H and O–H groups in total. The van der Waals surface area contributed by atoms with E-state index < -0.39 is 0 Å². The van der Waals surface area contributed by atoms with Crippen LogP contribution >= 0.6 is 11.8 Å². The second-order valence-electron chi connectivity index (χ2n) is 7.47. The Morgan fingerprint density at radius 3 is 2.38 bits per heavy atom. The predicted octanol–water partition coefficient (Wildman–Crippen LogP) is 5.52. The molecule has 1 fully saturated rings. The fraction of sp³-hybridized carbons (Fsp3) is 0.185. The normalized spacial score (nSPS) is 15.8. The number of amidine groups is 1. The zero-order valence-corrected chi connectivity index (χ0v) is 20.0. The van der Waals surface area contributed by atoms with Crippen molar-refractivity contribution in [1.82, 2.24) is 4.90 Å². The standard InChI is InChI=1S/C27H26N2O4S/c1-31-16-15-29-26(30)25(34-27(29)28-22-11-7-4-8-12-22)18-21-13-14-23(32-2)24(17-21)33-19-20-9-5-3-6-10-20/h3-14,17-18H,15-16,19H2,1-2H3. The monoisotopic (exact) mass is 474 g/mol. The van der Waals surface area contributed by atoms with Crippen LogP contribution in [0.2, 0.25) is 0 Å². The highest BCUT2D eigenvalue weighted by molar-refractivity contribution is 8.18. The SMILES string of the molecule is COCCN1C(=O)C(=Cc2ccc(OC)c(OCc3ccccc3)c2)SC1=Nc1ccccc1. The molecule has 3 aromatic carbocycles. The minimum atomic E-state index is -0.0979. The maximum Gasteiger partial charge on any atom is 0.266 e. The molecule has 3 aromatic rings. The highest BCUT2D eigenvalue weighted by Crippen LogP contribution is 2.36. The van der Waals surface area contributed by atoms with Crippen molar-refractivity contribution in [3.05, 3.63) is 94.9 Å². The number of amides is 1. The molecule has 1 aliphatic rings. The molecule has 1 saturated heterocycles. The van der Waals surface area contributed by atoms with Crippen molar-refractivity contribution in [2.45, 2.75) is 6.61 Å². The number of carbonyl (C=O) groups is 1. The van der Waals surface area contributed by atoms with Crippen molar-refractivity contribution in [3.63, 3.8) is 0 Å². The van der Waals surface area contributed by atoms with E-state index in [9.17, 15) is 4.79 Å². The van der Waals surface area contributed by atoms with Crippen LogP contribution in [0.5, 0.6) is 11.5 Å². The summed E-state index contributed by atoms with van der Waals surface area (Å²) in [6.07, 6.45) is 1.86. The summed E-state index contributed by atoms with van der Waals surface area (Å²) in [5.74, 6) is 1.15. The molecule has 34 heavy (non-hydrogen) atoms. The van der Waals surface area contributed by atoms with Gasteiger partial charge in [0.15, 0.2) is 16.7 Å². The van der Waals surface area contributed by atoms with Gasteiger partial charge in [0.05, 0.1) is 30.9 Å². The van der Waals surface area contributed by atoms with E-state index in [1.807, 2.05) is 84.9 Å². The third-order valence-electron chi connectivity index (χ3n) is 5.11. The number of thioether (sulfide) groups is 1. The van der Waals surface area contributed by atoms with E-state index in [2.05, 4.69) is 4.99 Å². The molecule has 0 saturated carbocycles. The number of ether oxygens (including phenoxy) is 3. The van der Waals surface area contributed by atoms with Crippen LogP contribution in [0.1, 0.15) is 11.1 Å². The number of nitrogens with zero attached hydrogens (tertiary/aromatic N) is 2. The van der Waals surface area contributed by atoms with Gasteiger partial charge < -0.3 is 14.2 Å². The van der Waals surface area contributed by atoms with Crippen molar-refractivity contribution in [2.75, 3.05) is 27.4 Å². The first-order chi connectivity index (χ1) is 16.7. The van der Waals surface area contributed by atoms with E-state index in [0.717, 1.165) is 16.8 Å². The maximum absolute atomic E-state index is 13.2. The Morgan fingerprint density at radius 2 is 1.68 bits per heavy atom. The largest absolute Gasteiger partial charge is 0.493 e. The third-order valence-corrected chi connectivity index (χ3v) is 6.12. The molecule has 0 atom stereocenters. The van der Waals surface area contributed by atoms with E-state index >= 15 is 0 Å². The van der Waals surface area contributed by atoms with Crippen molar-refractivity contribution in [3.8, 4) is 11.5 Å². The summed E-state index contributed by atoms with van der Waals surface area (Å²) < 4.78 is 16.7. The first-order valence-electron chi connectivity index (χ1n) is 10.9. The molecule has 7 heteroatoms. The van der Waals surface area contributed by atoms with Gasteiger partial charge in [0, 0.05) is 7.11 Å². The molecule has 1 amide bonds. The average molecular weight is 475 g/mol. The van der Waals surface area contributed by atoms with Gasteiger partial charge >= 0.3 is 0 Å². The maximum atomic E-state index is 13.2. The van der Waals surface area contributed by atoms with Gasteiger partial charge in [0.1, 0.15) is 6.61 Å². The van der Waals surface area contributed by atoms with Crippen LogP contribution in [0.4, 0.5) is 5.69 Å². The number of benzene rings is 3. The lowest BCUT2D eigenvalue weighted by molar-refractivity contribution is -0.122. The number of hydrogen-bond donors (Lipinski definition) is 0. The van der Waals surface area contributed by atoms with E-state index in [4.69, 9.17) is 14.2 Å². The summed E-state index contributed by atoms with van der Waals surface area (Å²) in [6.45, 7) is 1.27. The van der Waals surface area contributed by atoms with Crippen molar-refractivity contribution in [2.24, 2.45) is 4.99 Å². The van der Waals surface area contributed by atoms with Gasteiger partial charge in [-0.05, 0) is 53.2 Å². The number of rotatable bonds is 9. The predicted molar refractivity (Wildman–Crippen MR) is 136 cm³/mol. The van der Waals surface area contributed by atoms with Crippen LogP contribution in [0.3, 0.4) is 0 Å². The summed E-state index contributed by atoms with van der Waals surface area (Å²) in [6, 6.07) is 25.2. The van der Waals surface area contributed by atoms with Crippen LogP contribution in [0.15, 0.2) is 88.8 Å². The van der Waals surface area contributed by atoms with E-state index in [1.54, 1.807) is 19.1 Å². The Morgan fingerprint density at radius 1 is 0.941 bits per heavy atom. The molecule has 0 bridgehead atoms. The van der Waals surface area contributed by atoms with Gasteiger partial charge in [-0.2, -0.15) is 0 Å². The Balaban J connectivity index is 1.59. The summed E-state index contributed by atoms with van der Waals surface area (Å²) in [5.41, 5.74) is 2.69. The van der Waals surface area contributed by atoms with Crippen LogP contribution < -0.4 is 9.47 Å². The Bertz CT molecular complexity index is 1180. The first kappa shape index (κ1) is 23.6. The van der Waals surface area contributed by atoms with Gasteiger partial charge in [0.25, 0.3) is 5.91 Å². The molecule has 4 rings (SSSR count). The highest BCUT2D eigenvalue weighted by atomic mass is 32.2. The number of carbonyl (C=O) groups excluding carboxylic acids is 1. The Kier molecular flexibility index (Phi) is 8.01. The molecule has 0 spiro atoms. The lowest BCUT2D eigenvalue weighted by Crippen LogP contribution is -2.32. The summed E-state index contributed by atoms with van der Waals surface area (Å²) >= 11 is 1.35. The second-order valence-corrected chi connectivity index (χ2v) is 8.48. The molecule has 1 aliphatic heterocycles. The third kappa shape index (κ3) is 5.87.